The van der Waals surface area contributed by atoms with E-state index in [2.05, 4.69) is 25.1 Å². The predicted molar refractivity (Wildman–Crippen MR) is 48.3 cm³/mol. The second kappa shape index (κ2) is 3.19. The lowest BCUT2D eigenvalue weighted by atomic mass is 10.3. The Morgan fingerprint density at radius 1 is 1.73 bits per heavy atom. The van der Waals surface area contributed by atoms with E-state index in [1.165, 1.54) is 0 Å². The van der Waals surface area contributed by atoms with Crippen LogP contribution in [0, 0.1) is 0 Å². The minimum atomic E-state index is 0.878. The Balaban J connectivity index is 2.75. The van der Waals surface area contributed by atoms with E-state index >= 15 is 0 Å². The number of hydrogen-bond acceptors (Lipinski definition) is 2. The number of aliphatic imine (C=N–C) groups is 1. The quantitative estimate of drug-likeness (QED) is 0.584. The average Bonchev–Trinajstić information content (AvgIpc) is 2.40. The molecule has 0 unspecified atom stereocenters. The molecule has 2 nitrogen and oxygen atoms in total. The SMILES string of the molecule is C=CN(CC)C1=NC=CC1=C. The summed E-state index contributed by atoms with van der Waals surface area (Å²) in [7, 11) is 0. The minimum absolute atomic E-state index is 0.878. The van der Waals surface area contributed by atoms with Gasteiger partial charge in [0, 0.05) is 18.3 Å². The van der Waals surface area contributed by atoms with Crippen molar-refractivity contribution in [2.75, 3.05) is 6.54 Å². The molecule has 0 aromatic rings. The summed E-state index contributed by atoms with van der Waals surface area (Å²) in [4.78, 5) is 6.11. The first-order chi connectivity index (χ1) is 5.29. The van der Waals surface area contributed by atoms with E-state index < -0.39 is 0 Å². The zero-order valence-electron chi connectivity index (χ0n) is 6.75. The first-order valence-corrected chi connectivity index (χ1v) is 3.62. The zero-order valence-corrected chi connectivity index (χ0v) is 6.75. The van der Waals surface area contributed by atoms with Crippen molar-refractivity contribution in [2.24, 2.45) is 4.99 Å². The zero-order chi connectivity index (χ0) is 8.27. The van der Waals surface area contributed by atoms with E-state index in [0.29, 0.717) is 0 Å². The van der Waals surface area contributed by atoms with Crippen LogP contribution in [-0.4, -0.2) is 17.3 Å². The number of likely N-dealkylation sites (N-methyl/N-ethyl adjacent to an activating group) is 1. The molecule has 0 amide bonds. The van der Waals surface area contributed by atoms with Crippen LogP contribution in [0.4, 0.5) is 0 Å². The number of amidine groups is 1. The van der Waals surface area contributed by atoms with Crippen LogP contribution in [0.2, 0.25) is 0 Å². The van der Waals surface area contributed by atoms with Gasteiger partial charge in [-0.25, -0.2) is 4.99 Å². The van der Waals surface area contributed by atoms with E-state index in [4.69, 9.17) is 0 Å². The molecule has 1 rings (SSSR count). The lowest BCUT2D eigenvalue weighted by Gasteiger charge is -2.17. The van der Waals surface area contributed by atoms with Gasteiger partial charge < -0.3 is 4.90 Å². The van der Waals surface area contributed by atoms with Crippen LogP contribution in [0.5, 0.6) is 0 Å². The van der Waals surface area contributed by atoms with Crippen molar-refractivity contribution >= 4 is 5.84 Å². The largest absolute Gasteiger partial charge is 0.333 e. The van der Waals surface area contributed by atoms with Crippen LogP contribution in [0.1, 0.15) is 6.92 Å². The molecule has 0 aromatic carbocycles. The van der Waals surface area contributed by atoms with Crippen molar-refractivity contribution in [1.29, 1.82) is 0 Å². The van der Waals surface area contributed by atoms with Crippen molar-refractivity contribution in [3.63, 3.8) is 0 Å². The summed E-state index contributed by atoms with van der Waals surface area (Å²) in [5.41, 5.74) is 0.951. The summed E-state index contributed by atoms with van der Waals surface area (Å²) in [5.74, 6) is 0.905. The highest BCUT2D eigenvalue weighted by Crippen LogP contribution is 2.10. The second-order valence-electron chi connectivity index (χ2n) is 2.26. The van der Waals surface area contributed by atoms with Crippen molar-refractivity contribution in [3.8, 4) is 0 Å². The number of nitrogens with zero attached hydrogens (tertiary/aromatic N) is 2. The molecule has 0 saturated carbocycles. The molecule has 1 aliphatic rings. The smallest absolute Gasteiger partial charge is 0.139 e. The molecule has 0 spiro atoms. The van der Waals surface area contributed by atoms with E-state index in [1.54, 1.807) is 12.4 Å². The highest BCUT2D eigenvalue weighted by Gasteiger charge is 2.10. The summed E-state index contributed by atoms with van der Waals surface area (Å²) in [5, 5.41) is 0. The van der Waals surface area contributed by atoms with Crippen LogP contribution >= 0.6 is 0 Å². The third-order valence-corrected chi connectivity index (χ3v) is 1.59. The molecule has 0 aromatic heterocycles. The molecule has 11 heavy (non-hydrogen) atoms. The maximum absolute atomic E-state index is 4.15. The van der Waals surface area contributed by atoms with Crippen molar-refractivity contribution < 1.29 is 0 Å². The molecule has 1 heterocycles. The number of rotatable bonds is 2. The van der Waals surface area contributed by atoms with E-state index in [-0.39, 0.29) is 0 Å². The fourth-order valence-corrected chi connectivity index (χ4v) is 0.979. The highest BCUT2D eigenvalue weighted by atomic mass is 15.2. The van der Waals surface area contributed by atoms with Crippen LogP contribution in [0.25, 0.3) is 0 Å². The van der Waals surface area contributed by atoms with Gasteiger partial charge in [-0.15, -0.1) is 0 Å². The monoisotopic (exact) mass is 148 g/mol. The Kier molecular flexibility index (Phi) is 2.26. The van der Waals surface area contributed by atoms with Gasteiger partial charge in [-0.1, -0.05) is 13.2 Å². The fraction of sp³-hybridized carbons (Fsp3) is 0.222. The molecular weight excluding hydrogens is 136 g/mol. The highest BCUT2D eigenvalue weighted by molar-refractivity contribution is 6.02. The van der Waals surface area contributed by atoms with E-state index in [0.717, 1.165) is 18.0 Å². The van der Waals surface area contributed by atoms with Gasteiger partial charge >= 0.3 is 0 Å². The Hall–Kier alpha value is -1.31. The van der Waals surface area contributed by atoms with E-state index in [1.807, 2.05) is 11.0 Å². The molecule has 0 atom stereocenters. The maximum atomic E-state index is 4.15. The third-order valence-electron chi connectivity index (χ3n) is 1.59. The van der Waals surface area contributed by atoms with Gasteiger partial charge in [0.2, 0.25) is 0 Å². The Labute approximate surface area is 67.2 Å². The van der Waals surface area contributed by atoms with Gasteiger partial charge in [-0.05, 0) is 19.2 Å². The molecule has 58 valence electrons. The predicted octanol–water partition coefficient (Wildman–Crippen LogP) is 1.93. The fourth-order valence-electron chi connectivity index (χ4n) is 0.979. The average molecular weight is 148 g/mol. The molecule has 2 heteroatoms. The Morgan fingerprint density at radius 2 is 2.45 bits per heavy atom. The van der Waals surface area contributed by atoms with Gasteiger partial charge in [0.05, 0.1) is 0 Å². The van der Waals surface area contributed by atoms with Gasteiger partial charge in [0.25, 0.3) is 0 Å². The van der Waals surface area contributed by atoms with Crippen LogP contribution < -0.4 is 0 Å². The van der Waals surface area contributed by atoms with Gasteiger partial charge in [0.15, 0.2) is 0 Å². The van der Waals surface area contributed by atoms with Crippen molar-refractivity contribution in [2.45, 2.75) is 6.92 Å². The topological polar surface area (TPSA) is 15.6 Å². The molecule has 0 radical (unpaired) electrons. The van der Waals surface area contributed by atoms with Crippen molar-refractivity contribution in [1.82, 2.24) is 4.90 Å². The minimum Gasteiger partial charge on any atom is -0.333 e. The molecule has 0 fully saturated rings. The van der Waals surface area contributed by atoms with Gasteiger partial charge in [-0.3, -0.25) is 0 Å². The molecule has 1 aliphatic heterocycles. The van der Waals surface area contributed by atoms with Crippen LogP contribution in [-0.2, 0) is 0 Å². The third kappa shape index (κ3) is 1.40. The lowest BCUT2D eigenvalue weighted by Crippen LogP contribution is -2.24. The molecule has 0 saturated heterocycles. The first kappa shape index (κ1) is 7.79. The lowest BCUT2D eigenvalue weighted by molar-refractivity contribution is 0.594. The normalized spacial score (nSPS) is 15.0. The van der Waals surface area contributed by atoms with Crippen LogP contribution in [0.3, 0.4) is 0 Å². The Morgan fingerprint density at radius 3 is 2.82 bits per heavy atom. The summed E-state index contributed by atoms with van der Waals surface area (Å²) in [6.45, 7) is 10.5. The molecular formula is C9H12N2. The standard InChI is InChI=1S/C9H12N2/c1-4-11(5-2)9-8(3)6-7-10-9/h4,6-7H,1,3,5H2,2H3. The molecule has 0 N–H and O–H groups in total. The Bertz CT molecular complexity index is 236. The first-order valence-electron chi connectivity index (χ1n) is 3.62. The second-order valence-corrected chi connectivity index (χ2v) is 2.26. The molecule has 0 bridgehead atoms. The van der Waals surface area contributed by atoms with Gasteiger partial charge in [-0.2, -0.15) is 0 Å². The van der Waals surface area contributed by atoms with Crippen molar-refractivity contribution in [3.05, 3.63) is 37.2 Å². The van der Waals surface area contributed by atoms with Gasteiger partial charge in [0.1, 0.15) is 5.84 Å². The maximum Gasteiger partial charge on any atom is 0.139 e. The molecule has 0 aliphatic carbocycles. The summed E-state index contributed by atoms with van der Waals surface area (Å²) in [6.07, 6.45) is 5.41. The van der Waals surface area contributed by atoms with E-state index in [9.17, 15) is 0 Å². The summed E-state index contributed by atoms with van der Waals surface area (Å²) < 4.78 is 0. The van der Waals surface area contributed by atoms with Crippen LogP contribution in [0.15, 0.2) is 42.2 Å². The summed E-state index contributed by atoms with van der Waals surface area (Å²) >= 11 is 0. The number of hydrogen-bond donors (Lipinski definition) is 0. The summed E-state index contributed by atoms with van der Waals surface area (Å²) in [6, 6.07) is 0.